The summed E-state index contributed by atoms with van der Waals surface area (Å²) < 4.78 is 0. The minimum Gasteiger partial charge on any atom is -0.0843 e. The summed E-state index contributed by atoms with van der Waals surface area (Å²) in [6.45, 7) is 4.40. The summed E-state index contributed by atoms with van der Waals surface area (Å²) in [5.74, 6) is 0. The second-order valence-corrected chi connectivity index (χ2v) is 7.41. The third-order valence-electron chi connectivity index (χ3n) is 5.18. The number of rotatable bonds is 2. The molecule has 0 heterocycles. The second kappa shape index (κ2) is 6.63. The molecule has 1 unspecified atom stereocenters. The van der Waals surface area contributed by atoms with Gasteiger partial charge in [-0.05, 0) is 59.9 Å². The first-order valence-corrected chi connectivity index (χ1v) is 9.29. The lowest BCUT2D eigenvalue weighted by Gasteiger charge is -2.32. The van der Waals surface area contributed by atoms with Crippen molar-refractivity contribution < 1.29 is 0 Å². The molecule has 0 saturated heterocycles. The molecule has 1 atom stereocenters. The molecule has 0 spiro atoms. The van der Waals surface area contributed by atoms with Crippen LogP contribution < -0.4 is 0 Å². The maximum atomic E-state index is 6.12. The quantitative estimate of drug-likeness (QED) is 0.540. The summed E-state index contributed by atoms with van der Waals surface area (Å²) in [6.07, 6.45) is 13.3. The topological polar surface area (TPSA) is 0 Å². The highest BCUT2D eigenvalue weighted by Crippen LogP contribution is 2.54. The van der Waals surface area contributed by atoms with Crippen LogP contribution in [0, 0.1) is 0 Å². The predicted octanol–water partition coefficient (Wildman–Crippen LogP) is 7.06. The van der Waals surface area contributed by atoms with E-state index in [1.54, 1.807) is 0 Å². The van der Waals surface area contributed by atoms with Gasteiger partial charge in [-0.3, -0.25) is 0 Å². The fourth-order valence-corrected chi connectivity index (χ4v) is 4.15. The summed E-state index contributed by atoms with van der Waals surface area (Å²) in [5.41, 5.74) is 7.49. The average Bonchev–Trinajstić information content (AvgIpc) is 2.83. The van der Waals surface area contributed by atoms with Gasteiger partial charge >= 0.3 is 0 Å². The fraction of sp³-hybridized carbons (Fsp3) is 0.120. The molecule has 2 aliphatic carbocycles. The Labute approximate surface area is 160 Å². The van der Waals surface area contributed by atoms with Crippen LogP contribution in [0.3, 0.4) is 0 Å². The highest BCUT2D eigenvalue weighted by Gasteiger charge is 2.43. The van der Waals surface area contributed by atoms with Gasteiger partial charge in [0.05, 0.1) is 5.41 Å². The van der Waals surface area contributed by atoms with Crippen molar-refractivity contribution in [3.8, 4) is 0 Å². The number of hydrogen-bond acceptors (Lipinski definition) is 0. The predicted molar refractivity (Wildman–Crippen MR) is 112 cm³/mol. The monoisotopic (exact) mass is 356 g/mol. The first-order chi connectivity index (χ1) is 12.6. The molecule has 0 aromatic heterocycles. The molecule has 2 aromatic rings. The molecular formula is C25H21Cl. The van der Waals surface area contributed by atoms with Crippen molar-refractivity contribution in [2.45, 2.75) is 19.3 Å². The van der Waals surface area contributed by atoms with Crippen LogP contribution in [0.25, 0.3) is 5.57 Å². The van der Waals surface area contributed by atoms with Crippen LogP contribution in [-0.4, -0.2) is 0 Å². The molecule has 2 aromatic carbocycles. The molecule has 0 nitrogen and oxygen atoms in total. The van der Waals surface area contributed by atoms with Gasteiger partial charge in [0.1, 0.15) is 0 Å². The van der Waals surface area contributed by atoms with E-state index in [0.717, 1.165) is 5.02 Å². The minimum atomic E-state index is -0.251. The highest BCUT2D eigenvalue weighted by molar-refractivity contribution is 6.30. The highest BCUT2D eigenvalue weighted by atomic mass is 35.5. The van der Waals surface area contributed by atoms with Gasteiger partial charge in [-0.2, -0.15) is 0 Å². The van der Waals surface area contributed by atoms with E-state index in [0.29, 0.717) is 0 Å². The molecule has 0 saturated carbocycles. The third kappa shape index (κ3) is 2.62. The summed E-state index contributed by atoms with van der Waals surface area (Å²) >= 11 is 6.12. The Hall–Kier alpha value is -2.57. The molecule has 0 aliphatic heterocycles. The van der Waals surface area contributed by atoms with E-state index < -0.39 is 0 Å². The molecule has 2 aliphatic rings. The smallest absolute Gasteiger partial charge is 0.0640 e. The first kappa shape index (κ1) is 16.9. The fourth-order valence-electron chi connectivity index (χ4n) is 4.03. The van der Waals surface area contributed by atoms with Crippen molar-refractivity contribution in [3.63, 3.8) is 0 Å². The van der Waals surface area contributed by atoms with Crippen LogP contribution in [0.4, 0.5) is 0 Å². The molecule has 26 heavy (non-hydrogen) atoms. The van der Waals surface area contributed by atoms with Crippen molar-refractivity contribution in [2.75, 3.05) is 0 Å². The van der Waals surface area contributed by atoms with E-state index in [9.17, 15) is 0 Å². The Morgan fingerprint density at radius 2 is 1.58 bits per heavy atom. The van der Waals surface area contributed by atoms with Gasteiger partial charge in [0.2, 0.25) is 0 Å². The van der Waals surface area contributed by atoms with Gasteiger partial charge in [0.25, 0.3) is 0 Å². The SMILES string of the molecule is CC(C)=C1C=C(c2ccc(Cl)cc2)C2=CC=CC=CC21c1ccccc1. The Kier molecular flexibility index (Phi) is 4.30. The lowest BCUT2D eigenvalue weighted by atomic mass is 9.69. The Morgan fingerprint density at radius 3 is 2.27 bits per heavy atom. The number of benzene rings is 2. The number of halogens is 1. The summed E-state index contributed by atoms with van der Waals surface area (Å²) in [7, 11) is 0. The van der Waals surface area contributed by atoms with Crippen molar-refractivity contribution >= 4 is 17.2 Å². The standard InChI is InChI=1S/C25H21Cl/c1-18(2)24-17-22(19-12-14-21(26)15-13-19)23-11-7-4-8-16-25(23,24)20-9-5-3-6-10-20/h3-17H,1-2H3. The molecule has 0 amide bonds. The Bertz CT molecular complexity index is 978. The second-order valence-electron chi connectivity index (χ2n) is 6.98. The van der Waals surface area contributed by atoms with Crippen LogP contribution in [0.2, 0.25) is 5.02 Å². The molecule has 1 heteroatoms. The molecule has 0 N–H and O–H groups in total. The Balaban J connectivity index is 2.01. The van der Waals surface area contributed by atoms with Crippen LogP contribution in [0.15, 0.2) is 108 Å². The molecular weight excluding hydrogens is 336 g/mol. The van der Waals surface area contributed by atoms with E-state index in [-0.39, 0.29) is 5.41 Å². The van der Waals surface area contributed by atoms with E-state index in [4.69, 9.17) is 11.6 Å². The summed E-state index contributed by atoms with van der Waals surface area (Å²) in [4.78, 5) is 0. The summed E-state index contributed by atoms with van der Waals surface area (Å²) in [5, 5.41) is 0.763. The van der Waals surface area contributed by atoms with Crippen LogP contribution in [0.5, 0.6) is 0 Å². The van der Waals surface area contributed by atoms with E-state index in [2.05, 4.69) is 92.8 Å². The van der Waals surface area contributed by atoms with E-state index in [1.807, 2.05) is 12.1 Å². The largest absolute Gasteiger partial charge is 0.0843 e. The maximum Gasteiger partial charge on any atom is 0.0640 e. The van der Waals surface area contributed by atoms with Gasteiger partial charge in [-0.15, -0.1) is 0 Å². The molecule has 4 rings (SSSR count). The average molecular weight is 357 g/mol. The van der Waals surface area contributed by atoms with Crippen molar-refractivity contribution in [1.29, 1.82) is 0 Å². The van der Waals surface area contributed by atoms with Gasteiger partial charge in [0.15, 0.2) is 0 Å². The first-order valence-electron chi connectivity index (χ1n) is 8.91. The van der Waals surface area contributed by atoms with Gasteiger partial charge in [-0.25, -0.2) is 0 Å². The summed E-state index contributed by atoms with van der Waals surface area (Å²) in [6, 6.07) is 18.9. The van der Waals surface area contributed by atoms with Crippen LogP contribution in [-0.2, 0) is 5.41 Å². The van der Waals surface area contributed by atoms with Crippen molar-refractivity contribution in [1.82, 2.24) is 0 Å². The number of allylic oxidation sites excluding steroid dienone is 10. The van der Waals surface area contributed by atoms with Crippen LogP contribution in [0.1, 0.15) is 25.0 Å². The van der Waals surface area contributed by atoms with Crippen molar-refractivity contribution in [3.05, 3.63) is 124 Å². The molecule has 0 radical (unpaired) electrons. The lowest BCUT2D eigenvalue weighted by Crippen LogP contribution is -2.25. The van der Waals surface area contributed by atoms with Gasteiger partial charge in [0, 0.05) is 5.02 Å². The van der Waals surface area contributed by atoms with Crippen LogP contribution >= 0.6 is 11.6 Å². The normalized spacial score (nSPS) is 21.1. The van der Waals surface area contributed by atoms with Gasteiger partial charge in [-0.1, -0.05) is 90.0 Å². The zero-order valence-corrected chi connectivity index (χ0v) is 15.8. The number of hydrogen-bond donors (Lipinski definition) is 0. The maximum absolute atomic E-state index is 6.12. The van der Waals surface area contributed by atoms with E-state index in [1.165, 1.54) is 33.4 Å². The molecule has 0 fully saturated rings. The molecule has 128 valence electrons. The van der Waals surface area contributed by atoms with Crippen molar-refractivity contribution in [2.24, 2.45) is 0 Å². The lowest BCUT2D eigenvalue weighted by molar-refractivity contribution is 0.791. The van der Waals surface area contributed by atoms with Gasteiger partial charge < -0.3 is 0 Å². The zero-order chi connectivity index (χ0) is 18.1. The zero-order valence-electron chi connectivity index (χ0n) is 15.0. The minimum absolute atomic E-state index is 0.251. The molecule has 0 bridgehead atoms. The third-order valence-corrected chi connectivity index (χ3v) is 5.43. The van der Waals surface area contributed by atoms with E-state index >= 15 is 0 Å². The number of fused-ring (bicyclic) bond motifs is 1. The Morgan fingerprint density at radius 1 is 0.846 bits per heavy atom.